The maximum atomic E-state index is 14.0. The van der Waals surface area contributed by atoms with E-state index in [4.69, 9.17) is 31.3 Å². The lowest BCUT2D eigenvalue weighted by atomic mass is 10.1. The highest BCUT2D eigenvalue weighted by atomic mass is 79.9. The fraction of sp³-hybridized carbons (Fsp3) is 0.267. The predicted molar refractivity (Wildman–Crippen MR) is 161 cm³/mol. The molecule has 1 aliphatic heterocycles. The van der Waals surface area contributed by atoms with E-state index in [-0.39, 0.29) is 28.4 Å². The Kier molecular flexibility index (Phi) is 6.16. The van der Waals surface area contributed by atoms with E-state index in [1.54, 1.807) is 26.0 Å². The Balaban J connectivity index is 1.92. The first kappa shape index (κ1) is 21.0. The van der Waals surface area contributed by atoms with Crippen LogP contribution < -0.4 is 29.6 Å². The number of carboxylic acid groups (broad SMARTS) is 1. The van der Waals surface area contributed by atoms with Gasteiger partial charge in [0.1, 0.15) is 11.8 Å². The monoisotopic (exact) mass is 664 g/mol. The molecule has 3 aromatic carbocycles. The van der Waals surface area contributed by atoms with Crippen molar-refractivity contribution in [3.8, 4) is 28.7 Å². The van der Waals surface area contributed by atoms with Gasteiger partial charge in [0.2, 0.25) is 11.7 Å². The molecule has 0 saturated heterocycles. The third kappa shape index (κ3) is 6.36. The molecule has 0 bridgehead atoms. The molecule has 4 rings (SSSR count). The Hall–Kier alpha value is -4.78. The van der Waals surface area contributed by atoms with Gasteiger partial charge < -0.3 is 39.6 Å². The molecular formula is C30H30BrN3O9. The summed E-state index contributed by atoms with van der Waals surface area (Å²) in [7, 11) is -8.56. The van der Waals surface area contributed by atoms with Crippen LogP contribution in [0.25, 0.3) is 0 Å². The fourth-order valence-corrected chi connectivity index (χ4v) is 5.05. The first-order valence-corrected chi connectivity index (χ1v) is 13.1. The number of anilines is 2. The van der Waals surface area contributed by atoms with Crippen LogP contribution in [0.15, 0.2) is 40.9 Å². The molecular weight excluding hydrogens is 626 g/mol. The third-order valence-electron chi connectivity index (χ3n) is 6.44. The second-order valence-corrected chi connectivity index (χ2v) is 10.3. The quantitative estimate of drug-likeness (QED) is 0.287. The van der Waals surface area contributed by atoms with Gasteiger partial charge in [-0.2, -0.15) is 0 Å². The van der Waals surface area contributed by atoms with Gasteiger partial charge in [-0.25, -0.2) is 0 Å². The highest BCUT2D eigenvalue weighted by Gasteiger charge is 2.35. The van der Waals surface area contributed by atoms with Crippen molar-refractivity contribution in [3.05, 3.63) is 63.1 Å². The van der Waals surface area contributed by atoms with Gasteiger partial charge in [-0.1, -0.05) is 6.07 Å². The van der Waals surface area contributed by atoms with Gasteiger partial charge in [0, 0.05) is 7.05 Å². The molecule has 226 valence electrons. The zero-order valence-corrected chi connectivity index (χ0v) is 24.4. The minimum Gasteiger partial charge on any atom is -0.493 e. The van der Waals surface area contributed by atoms with E-state index in [0.29, 0.717) is 0 Å². The van der Waals surface area contributed by atoms with Crippen LogP contribution in [-0.4, -0.2) is 67.9 Å². The van der Waals surface area contributed by atoms with Crippen molar-refractivity contribution < 1.29 is 55.6 Å². The van der Waals surface area contributed by atoms with Gasteiger partial charge in [0.05, 0.1) is 66.8 Å². The number of methoxy groups -OCH3 is 3. The van der Waals surface area contributed by atoms with E-state index in [1.807, 2.05) is 6.07 Å². The number of likely N-dealkylation sites (N-methyl/N-ethyl adjacent to an activating group) is 1. The van der Waals surface area contributed by atoms with Crippen molar-refractivity contribution in [2.45, 2.75) is 26.3 Å². The normalized spacial score (nSPS) is 18.3. The van der Waals surface area contributed by atoms with E-state index >= 15 is 0 Å². The summed E-state index contributed by atoms with van der Waals surface area (Å²) in [6.07, 6.45) is -0.714. The molecule has 0 aliphatic carbocycles. The lowest BCUT2D eigenvalue weighted by molar-refractivity contribution is -0.140. The van der Waals surface area contributed by atoms with Crippen molar-refractivity contribution in [1.29, 1.82) is 0 Å². The number of halogens is 1. The van der Waals surface area contributed by atoms with Crippen LogP contribution in [0.3, 0.4) is 0 Å². The molecule has 0 radical (unpaired) electrons. The summed E-state index contributed by atoms with van der Waals surface area (Å²) in [5.41, 5.74) is 0.571. The highest BCUT2D eigenvalue weighted by Crippen LogP contribution is 2.45. The molecule has 3 amide bonds. The summed E-state index contributed by atoms with van der Waals surface area (Å²) < 4.78 is 88.5. The average Bonchev–Trinajstić information content (AvgIpc) is 3.04. The molecule has 1 heterocycles. The molecule has 0 saturated carbocycles. The van der Waals surface area contributed by atoms with Gasteiger partial charge in [-0.05, 0) is 71.2 Å². The number of nitrogens with zero attached hydrogens (tertiary/aromatic N) is 1. The van der Waals surface area contributed by atoms with Gasteiger partial charge in [-0.3, -0.25) is 19.2 Å². The molecule has 0 spiro atoms. The van der Waals surface area contributed by atoms with Crippen molar-refractivity contribution in [2.75, 3.05) is 38.8 Å². The number of hydrogen-bond donors (Lipinski definition) is 3. The maximum Gasteiger partial charge on any atom is 0.305 e. The number of rotatable bonds is 9. The number of benzene rings is 3. The second kappa shape index (κ2) is 12.6. The standard InChI is InChI=1S/C30H30BrN3O9/c1-14-7-15(2)9-16(8-14)43-22-10-17-19(32-29(38)21(13-24(35)36)34(3)30(17)39)12-20(22)33-28(37)18-11-23(40-4)26(41-5)27(42-6)25(18)31/h7-12,21H,13H2,1-6H3,(H,32,38)(H,33,37)(H,35,36)/t21-/m0/s1/i4D3,5D3,6D3. The number of carboxylic acids is 1. The SMILES string of the molecule is [2H]C([2H])([2H])Oc1cc(C(=O)Nc2cc3c(cc2Oc2cc(C)cc(C)c2)C(=O)N(C)[C@@H](CC(=O)O)C(=O)N3)c(Br)c(OC([2H])([2H])[2H])c1OC([2H])([2H])[2H]. The number of aliphatic carboxylic acids is 1. The largest absolute Gasteiger partial charge is 0.493 e. The summed E-state index contributed by atoms with van der Waals surface area (Å²) in [4.78, 5) is 53.1. The number of aryl methyl sites for hydroxylation is 2. The van der Waals surface area contributed by atoms with Crippen molar-refractivity contribution >= 4 is 51.0 Å². The van der Waals surface area contributed by atoms with Crippen molar-refractivity contribution in [2.24, 2.45) is 0 Å². The Morgan fingerprint density at radius 1 is 1.00 bits per heavy atom. The Morgan fingerprint density at radius 3 is 2.33 bits per heavy atom. The average molecular weight is 666 g/mol. The minimum atomic E-state index is -3.28. The van der Waals surface area contributed by atoms with Gasteiger partial charge in [0.25, 0.3) is 11.8 Å². The first-order chi connectivity index (χ1) is 23.8. The highest BCUT2D eigenvalue weighted by molar-refractivity contribution is 9.10. The number of carbonyl (C=O) groups excluding carboxylic acids is 3. The molecule has 1 atom stereocenters. The summed E-state index contributed by atoms with van der Waals surface area (Å²) in [5, 5.41) is 14.4. The van der Waals surface area contributed by atoms with Gasteiger partial charge >= 0.3 is 5.97 Å². The minimum absolute atomic E-state index is 0.129. The first-order valence-electron chi connectivity index (χ1n) is 16.8. The number of nitrogens with one attached hydrogen (secondary N) is 2. The predicted octanol–water partition coefficient (Wildman–Crippen LogP) is 5.00. The number of amides is 3. The van der Waals surface area contributed by atoms with Crippen molar-refractivity contribution in [1.82, 2.24) is 4.90 Å². The maximum absolute atomic E-state index is 14.0. The molecule has 12 nitrogen and oxygen atoms in total. The van der Waals surface area contributed by atoms with E-state index in [2.05, 4.69) is 26.6 Å². The lowest BCUT2D eigenvalue weighted by Crippen LogP contribution is -2.43. The fourth-order valence-electron chi connectivity index (χ4n) is 4.49. The van der Waals surface area contributed by atoms with Crippen LogP contribution in [-0.2, 0) is 9.59 Å². The topological polar surface area (TPSA) is 153 Å². The van der Waals surface area contributed by atoms with E-state index in [9.17, 15) is 24.3 Å². The molecule has 1 aliphatic rings. The van der Waals surface area contributed by atoms with Crippen LogP contribution >= 0.6 is 15.9 Å². The summed E-state index contributed by atoms with van der Waals surface area (Å²) in [5.74, 6) is -6.73. The van der Waals surface area contributed by atoms with E-state index < -0.39 is 84.6 Å². The molecule has 0 aromatic heterocycles. The molecule has 43 heavy (non-hydrogen) atoms. The molecule has 3 aromatic rings. The Bertz CT molecular complexity index is 1930. The molecule has 0 fully saturated rings. The smallest absolute Gasteiger partial charge is 0.305 e. The number of hydrogen-bond acceptors (Lipinski definition) is 8. The van der Waals surface area contributed by atoms with Crippen LogP contribution in [0.5, 0.6) is 28.7 Å². The number of fused-ring (bicyclic) bond motifs is 1. The third-order valence-corrected chi connectivity index (χ3v) is 7.22. The Labute approximate surface area is 268 Å². The summed E-state index contributed by atoms with van der Waals surface area (Å²) >= 11 is 3.05. The number of carbonyl (C=O) groups is 4. The molecule has 0 unspecified atom stereocenters. The van der Waals surface area contributed by atoms with Crippen LogP contribution in [0, 0.1) is 13.8 Å². The van der Waals surface area contributed by atoms with E-state index in [0.717, 1.165) is 28.2 Å². The van der Waals surface area contributed by atoms with E-state index in [1.165, 1.54) is 13.1 Å². The zero-order valence-electron chi connectivity index (χ0n) is 31.8. The van der Waals surface area contributed by atoms with Gasteiger partial charge in [0.15, 0.2) is 17.2 Å². The van der Waals surface area contributed by atoms with Crippen LogP contribution in [0.1, 0.15) is 50.6 Å². The zero-order chi connectivity index (χ0) is 39.1. The van der Waals surface area contributed by atoms with Crippen molar-refractivity contribution in [3.63, 3.8) is 0 Å². The van der Waals surface area contributed by atoms with Crippen LogP contribution in [0.2, 0.25) is 0 Å². The Morgan fingerprint density at radius 2 is 1.67 bits per heavy atom. The molecule has 13 heteroatoms. The van der Waals surface area contributed by atoms with Crippen LogP contribution in [0.4, 0.5) is 11.4 Å². The molecule has 3 N–H and O–H groups in total. The number of ether oxygens (including phenoxy) is 4. The second-order valence-electron chi connectivity index (χ2n) is 9.49. The lowest BCUT2D eigenvalue weighted by Gasteiger charge is -2.22. The summed E-state index contributed by atoms with van der Waals surface area (Å²) in [6, 6.07) is 6.90. The summed E-state index contributed by atoms with van der Waals surface area (Å²) in [6.45, 7) is 3.59. The van der Waals surface area contributed by atoms with Gasteiger partial charge in [-0.15, -0.1) is 0 Å².